The van der Waals surface area contributed by atoms with Gasteiger partial charge in [0, 0.05) is 23.1 Å². The van der Waals surface area contributed by atoms with E-state index in [0.717, 1.165) is 5.56 Å². The fourth-order valence-corrected chi connectivity index (χ4v) is 3.31. The van der Waals surface area contributed by atoms with Crippen LogP contribution in [0, 0.1) is 0 Å². The number of rotatable bonds is 6. The number of benzene rings is 2. The van der Waals surface area contributed by atoms with Gasteiger partial charge in [-0.25, -0.2) is 4.79 Å². The lowest BCUT2D eigenvalue weighted by Crippen LogP contribution is -2.38. The van der Waals surface area contributed by atoms with Crippen LogP contribution < -0.4 is 20.1 Å². The van der Waals surface area contributed by atoms with Crippen molar-refractivity contribution in [2.75, 3.05) is 14.2 Å². The lowest BCUT2D eigenvalue weighted by Gasteiger charge is -2.20. The first-order chi connectivity index (χ1) is 13.5. The number of methoxy groups -OCH3 is 2. The van der Waals surface area contributed by atoms with Gasteiger partial charge in [-0.2, -0.15) is 0 Å². The van der Waals surface area contributed by atoms with Crippen molar-refractivity contribution in [3.63, 3.8) is 0 Å². The highest BCUT2D eigenvalue weighted by molar-refractivity contribution is 6.30. The quantitative estimate of drug-likeness (QED) is 0.772. The molecule has 148 valence electrons. The van der Waals surface area contributed by atoms with Crippen molar-refractivity contribution >= 4 is 23.6 Å². The predicted octanol–water partition coefficient (Wildman–Crippen LogP) is 3.21. The van der Waals surface area contributed by atoms with Crippen LogP contribution in [0.2, 0.25) is 5.02 Å². The molecule has 2 aromatic rings. The minimum absolute atomic E-state index is 0.0227. The van der Waals surface area contributed by atoms with E-state index in [9.17, 15) is 9.59 Å². The average Bonchev–Trinajstić information content (AvgIpc) is 3.06. The van der Waals surface area contributed by atoms with E-state index in [1.807, 2.05) is 6.07 Å². The third-order valence-electron chi connectivity index (χ3n) is 4.49. The minimum atomic E-state index is -0.619. The van der Waals surface area contributed by atoms with Crippen molar-refractivity contribution in [2.24, 2.45) is 0 Å². The number of halogens is 1. The maximum atomic E-state index is 12.3. The van der Waals surface area contributed by atoms with Crippen molar-refractivity contribution in [3.05, 3.63) is 58.6 Å². The van der Waals surface area contributed by atoms with E-state index in [0.29, 0.717) is 22.1 Å². The number of ether oxygens (including phenoxy) is 3. The van der Waals surface area contributed by atoms with E-state index in [-0.39, 0.29) is 25.0 Å². The zero-order chi connectivity index (χ0) is 20.1. The highest BCUT2D eigenvalue weighted by Crippen LogP contribution is 2.27. The van der Waals surface area contributed by atoms with Crippen LogP contribution in [0.3, 0.4) is 0 Å². The van der Waals surface area contributed by atoms with Crippen molar-refractivity contribution in [1.29, 1.82) is 0 Å². The molecule has 2 amide bonds. The molecule has 0 unspecified atom stereocenters. The first-order valence-corrected chi connectivity index (χ1v) is 9.07. The van der Waals surface area contributed by atoms with Crippen LogP contribution in [0.4, 0.5) is 4.79 Å². The summed E-state index contributed by atoms with van der Waals surface area (Å²) in [6.45, 7) is 0.0227. The van der Waals surface area contributed by atoms with Crippen LogP contribution >= 0.6 is 11.6 Å². The maximum absolute atomic E-state index is 12.3. The lowest BCUT2D eigenvalue weighted by molar-refractivity contribution is -0.119. The number of hydrogen-bond donors (Lipinski definition) is 2. The van der Waals surface area contributed by atoms with Gasteiger partial charge in [0.15, 0.2) is 0 Å². The van der Waals surface area contributed by atoms with E-state index in [4.69, 9.17) is 25.8 Å². The summed E-state index contributed by atoms with van der Waals surface area (Å²) in [7, 11) is 3.09. The summed E-state index contributed by atoms with van der Waals surface area (Å²) in [6.07, 6.45) is -0.454. The van der Waals surface area contributed by atoms with Gasteiger partial charge in [0.2, 0.25) is 5.91 Å². The van der Waals surface area contributed by atoms with Gasteiger partial charge in [-0.3, -0.25) is 4.79 Å². The minimum Gasteiger partial charge on any atom is -0.497 e. The number of carbonyl (C=O) groups is 2. The molecule has 1 heterocycles. The van der Waals surface area contributed by atoms with Crippen LogP contribution in [0.5, 0.6) is 11.5 Å². The zero-order valence-electron chi connectivity index (χ0n) is 15.5. The molecule has 1 fully saturated rings. The third kappa shape index (κ3) is 4.67. The molecule has 7 nitrogen and oxygen atoms in total. The van der Waals surface area contributed by atoms with Gasteiger partial charge in [0.1, 0.15) is 18.1 Å². The van der Waals surface area contributed by atoms with Gasteiger partial charge in [0.05, 0.1) is 26.3 Å². The standard InChI is InChI=1S/C20H21ClN2O5/c1-26-15-7-6-13(17(9-15)27-2)11-28-20(25)22-16-10-18(24)23-19(16)12-4-3-5-14(21)8-12/h3-9,16,19H,10-11H2,1-2H3,(H,22,25)(H,23,24)/t16-,19+/m0/s1. The first-order valence-electron chi connectivity index (χ1n) is 8.69. The van der Waals surface area contributed by atoms with Crippen molar-refractivity contribution < 1.29 is 23.8 Å². The Balaban J connectivity index is 1.63. The Hall–Kier alpha value is -2.93. The summed E-state index contributed by atoms with van der Waals surface area (Å²) in [4.78, 5) is 24.1. The number of carbonyl (C=O) groups excluding carboxylic acids is 2. The molecule has 0 aromatic heterocycles. The molecule has 28 heavy (non-hydrogen) atoms. The Kier molecular flexibility index (Phi) is 6.26. The summed E-state index contributed by atoms with van der Waals surface area (Å²) in [5.41, 5.74) is 1.52. The topological polar surface area (TPSA) is 85.9 Å². The van der Waals surface area contributed by atoms with Crippen molar-refractivity contribution in [1.82, 2.24) is 10.6 Å². The molecule has 2 N–H and O–H groups in total. The van der Waals surface area contributed by atoms with Gasteiger partial charge in [-0.05, 0) is 29.8 Å². The van der Waals surface area contributed by atoms with E-state index in [2.05, 4.69) is 10.6 Å². The normalized spacial score (nSPS) is 18.3. The molecule has 0 saturated carbocycles. The second-order valence-corrected chi connectivity index (χ2v) is 6.75. The number of nitrogens with one attached hydrogen (secondary N) is 2. The number of hydrogen-bond acceptors (Lipinski definition) is 5. The molecule has 1 saturated heterocycles. The van der Waals surface area contributed by atoms with Gasteiger partial charge in [0.25, 0.3) is 0 Å². The molecular weight excluding hydrogens is 384 g/mol. The molecule has 1 aliphatic heterocycles. The number of alkyl carbamates (subject to hydrolysis) is 1. The lowest BCUT2D eigenvalue weighted by atomic mass is 10.0. The average molecular weight is 405 g/mol. The smallest absolute Gasteiger partial charge is 0.407 e. The second-order valence-electron chi connectivity index (χ2n) is 6.31. The fourth-order valence-electron chi connectivity index (χ4n) is 3.11. The van der Waals surface area contributed by atoms with Gasteiger partial charge >= 0.3 is 6.09 Å². The summed E-state index contributed by atoms with van der Waals surface area (Å²) in [5, 5.41) is 6.17. The molecule has 8 heteroatoms. The molecule has 2 aromatic carbocycles. The summed E-state index contributed by atoms with van der Waals surface area (Å²) in [5.74, 6) is 1.05. The largest absolute Gasteiger partial charge is 0.497 e. The van der Waals surface area contributed by atoms with Crippen LogP contribution in [-0.2, 0) is 16.1 Å². The van der Waals surface area contributed by atoms with Crippen LogP contribution in [0.15, 0.2) is 42.5 Å². The molecule has 3 rings (SSSR count). The van der Waals surface area contributed by atoms with E-state index in [1.54, 1.807) is 43.5 Å². The van der Waals surface area contributed by atoms with Gasteiger partial charge in [-0.15, -0.1) is 0 Å². The van der Waals surface area contributed by atoms with Crippen molar-refractivity contribution in [2.45, 2.75) is 25.1 Å². The summed E-state index contributed by atoms with van der Waals surface area (Å²) >= 11 is 6.04. The molecule has 0 bridgehead atoms. The monoisotopic (exact) mass is 404 g/mol. The van der Waals surface area contributed by atoms with Crippen LogP contribution in [-0.4, -0.2) is 32.3 Å². The number of amides is 2. The first kappa shape index (κ1) is 19.8. The Morgan fingerprint density at radius 2 is 2.04 bits per heavy atom. The van der Waals surface area contributed by atoms with E-state index >= 15 is 0 Å². The second kappa shape index (κ2) is 8.84. The highest BCUT2D eigenvalue weighted by atomic mass is 35.5. The fraction of sp³-hybridized carbons (Fsp3) is 0.300. The molecular formula is C20H21ClN2O5. The van der Waals surface area contributed by atoms with Gasteiger partial charge in [-0.1, -0.05) is 23.7 Å². The SMILES string of the molecule is COc1ccc(COC(=O)N[C@H]2CC(=O)N[C@@H]2c2cccc(Cl)c2)c(OC)c1. The summed E-state index contributed by atoms with van der Waals surface area (Å²) < 4.78 is 15.8. The third-order valence-corrected chi connectivity index (χ3v) is 4.72. The Labute approximate surface area is 167 Å². The Morgan fingerprint density at radius 3 is 2.75 bits per heavy atom. The van der Waals surface area contributed by atoms with E-state index < -0.39 is 12.1 Å². The Bertz CT molecular complexity index is 873. The molecule has 0 spiro atoms. The predicted molar refractivity (Wildman–Crippen MR) is 104 cm³/mol. The van der Waals surface area contributed by atoms with Crippen LogP contribution in [0.25, 0.3) is 0 Å². The molecule has 2 atom stereocenters. The van der Waals surface area contributed by atoms with Gasteiger partial charge < -0.3 is 24.8 Å². The summed E-state index contributed by atoms with van der Waals surface area (Å²) in [6, 6.07) is 11.6. The van der Waals surface area contributed by atoms with E-state index in [1.165, 1.54) is 7.11 Å². The highest BCUT2D eigenvalue weighted by Gasteiger charge is 2.35. The zero-order valence-corrected chi connectivity index (χ0v) is 16.3. The molecule has 1 aliphatic rings. The molecule has 0 aliphatic carbocycles. The van der Waals surface area contributed by atoms with Crippen molar-refractivity contribution in [3.8, 4) is 11.5 Å². The maximum Gasteiger partial charge on any atom is 0.407 e. The van der Waals surface area contributed by atoms with Crippen LogP contribution in [0.1, 0.15) is 23.6 Å². The molecule has 0 radical (unpaired) electrons. The Morgan fingerprint density at radius 1 is 1.21 bits per heavy atom.